The van der Waals surface area contributed by atoms with E-state index >= 15 is 0 Å². The summed E-state index contributed by atoms with van der Waals surface area (Å²) in [6, 6.07) is 8.98. The van der Waals surface area contributed by atoms with E-state index < -0.39 is 0 Å². The second-order valence-electron chi connectivity index (χ2n) is 7.22. The minimum atomic E-state index is -0.261. The van der Waals surface area contributed by atoms with Crippen LogP contribution < -0.4 is 10.9 Å². The molecule has 2 bridgehead atoms. The number of thioether (sulfide) groups is 2. The molecule has 1 aliphatic heterocycles. The van der Waals surface area contributed by atoms with Gasteiger partial charge < -0.3 is 0 Å². The van der Waals surface area contributed by atoms with Crippen LogP contribution in [0.5, 0.6) is 0 Å². The van der Waals surface area contributed by atoms with Crippen molar-refractivity contribution in [2.45, 2.75) is 36.2 Å². The van der Waals surface area contributed by atoms with Crippen molar-refractivity contribution in [1.82, 2.24) is 10.9 Å². The van der Waals surface area contributed by atoms with E-state index in [1.165, 1.54) is 30.8 Å². The van der Waals surface area contributed by atoms with Crippen molar-refractivity contribution in [3.8, 4) is 0 Å². The summed E-state index contributed by atoms with van der Waals surface area (Å²) in [7, 11) is 0. The number of rotatable bonds is 2. The number of hydrazine groups is 1. The Morgan fingerprint density at radius 3 is 2.24 bits per heavy atom. The van der Waals surface area contributed by atoms with Crippen LogP contribution in [0.1, 0.15) is 42.5 Å². The van der Waals surface area contributed by atoms with E-state index in [0.717, 1.165) is 12.8 Å². The highest BCUT2D eigenvalue weighted by atomic mass is 32.2. The van der Waals surface area contributed by atoms with E-state index in [0.29, 0.717) is 21.5 Å². The maximum atomic E-state index is 12.6. The normalized spacial score (nSPS) is 30.0. The molecular weight excluding hydrogens is 352 g/mol. The summed E-state index contributed by atoms with van der Waals surface area (Å²) in [5.41, 5.74) is 5.80. The van der Waals surface area contributed by atoms with E-state index in [9.17, 15) is 9.59 Å². The molecule has 1 saturated heterocycles. The van der Waals surface area contributed by atoms with Crippen LogP contribution in [0.25, 0.3) is 0 Å². The van der Waals surface area contributed by atoms with Gasteiger partial charge in [0.2, 0.25) is 5.91 Å². The Kier molecular flexibility index (Phi) is 5.00. The number of hydrogen-bond donors (Lipinski definition) is 2. The van der Waals surface area contributed by atoms with Crippen molar-refractivity contribution in [3.63, 3.8) is 0 Å². The average Bonchev–Trinajstić information content (AvgIpc) is 3.09. The van der Waals surface area contributed by atoms with E-state index in [-0.39, 0.29) is 17.7 Å². The second-order valence-corrected chi connectivity index (χ2v) is 10.2. The number of carbonyl (C=O) groups excluding carboxylic acids is 2. The highest BCUT2D eigenvalue weighted by Crippen LogP contribution is 2.64. The van der Waals surface area contributed by atoms with Gasteiger partial charge in [-0.05, 0) is 49.7 Å². The monoisotopic (exact) mass is 376 g/mol. The molecule has 1 spiro atoms. The molecule has 4 rings (SSSR count). The maximum Gasteiger partial charge on any atom is 0.269 e. The van der Waals surface area contributed by atoms with Gasteiger partial charge in [0, 0.05) is 23.0 Å². The lowest BCUT2D eigenvalue weighted by atomic mass is 9.67. The van der Waals surface area contributed by atoms with Crippen molar-refractivity contribution in [3.05, 3.63) is 35.9 Å². The number of benzene rings is 1. The molecule has 2 atom stereocenters. The van der Waals surface area contributed by atoms with Gasteiger partial charge in [-0.3, -0.25) is 20.4 Å². The smallest absolute Gasteiger partial charge is 0.269 e. The van der Waals surface area contributed by atoms with Gasteiger partial charge >= 0.3 is 0 Å². The van der Waals surface area contributed by atoms with Crippen LogP contribution in [0.4, 0.5) is 0 Å². The van der Waals surface area contributed by atoms with Gasteiger partial charge in [-0.15, -0.1) is 23.5 Å². The summed E-state index contributed by atoms with van der Waals surface area (Å²) in [5, 5.41) is 0. The van der Waals surface area contributed by atoms with Gasteiger partial charge in [-0.1, -0.05) is 24.6 Å². The average molecular weight is 377 g/mol. The third kappa shape index (κ3) is 3.31. The van der Waals surface area contributed by atoms with Crippen molar-refractivity contribution >= 4 is 35.3 Å². The van der Waals surface area contributed by atoms with Gasteiger partial charge in [-0.2, -0.15) is 0 Å². The molecule has 6 heteroatoms. The third-order valence-corrected chi connectivity index (χ3v) is 9.84. The first kappa shape index (κ1) is 17.3. The van der Waals surface area contributed by atoms with Crippen LogP contribution in [0.15, 0.2) is 30.3 Å². The molecule has 3 aliphatic rings. The molecule has 0 radical (unpaired) electrons. The SMILES string of the molecule is O=C(NNC(=O)C1CC2CCCC(C1)C21SCCS1)c1ccccc1. The summed E-state index contributed by atoms with van der Waals surface area (Å²) in [4.78, 5) is 24.7. The van der Waals surface area contributed by atoms with Crippen molar-refractivity contribution in [2.24, 2.45) is 17.8 Å². The molecule has 0 aromatic heterocycles. The van der Waals surface area contributed by atoms with Crippen LogP contribution in [0, 0.1) is 17.8 Å². The van der Waals surface area contributed by atoms with E-state index in [1.54, 1.807) is 12.1 Å². The molecule has 1 heterocycles. The fourth-order valence-corrected chi connectivity index (χ4v) is 8.64. The molecule has 1 aromatic carbocycles. The standard InChI is InChI=1S/C19H24N2O2S2/c22-17(13-5-2-1-3-6-13)20-21-18(23)14-11-15-7-4-8-16(12-14)19(15)24-9-10-25-19/h1-3,5-6,14-16H,4,7-12H2,(H,20,22)(H,21,23). The quantitative estimate of drug-likeness (QED) is 0.776. The van der Waals surface area contributed by atoms with Crippen LogP contribution in [-0.4, -0.2) is 27.4 Å². The van der Waals surface area contributed by atoms with Gasteiger partial charge in [0.1, 0.15) is 0 Å². The zero-order valence-electron chi connectivity index (χ0n) is 14.2. The molecule has 4 nitrogen and oxygen atoms in total. The number of amides is 2. The topological polar surface area (TPSA) is 58.2 Å². The first-order valence-corrected chi connectivity index (χ1v) is 11.1. The molecule has 3 fully saturated rings. The predicted molar refractivity (Wildman–Crippen MR) is 103 cm³/mol. The zero-order chi connectivity index (χ0) is 17.3. The Morgan fingerprint density at radius 1 is 0.960 bits per heavy atom. The van der Waals surface area contributed by atoms with Gasteiger partial charge in [-0.25, -0.2) is 0 Å². The van der Waals surface area contributed by atoms with Gasteiger partial charge in [0.15, 0.2) is 0 Å². The molecule has 2 amide bonds. The highest BCUT2D eigenvalue weighted by Gasteiger charge is 2.55. The lowest BCUT2D eigenvalue weighted by molar-refractivity contribution is -0.128. The van der Waals surface area contributed by atoms with Crippen LogP contribution in [-0.2, 0) is 4.79 Å². The largest absolute Gasteiger partial charge is 0.273 e. The summed E-state index contributed by atoms with van der Waals surface area (Å²) < 4.78 is 0.377. The van der Waals surface area contributed by atoms with Crippen molar-refractivity contribution < 1.29 is 9.59 Å². The van der Waals surface area contributed by atoms with Crippen LogP contribution >= 0.6 is 23.5 Å². The lowest BCUT2D eigenvalue weighted by Gasteiger charge is -2.51. The third-order valence-electron chi connectivity index (χ3n) is 5.83. The highest BCUT2D eigenvalue weighted by molar-refractivity contribution is 8.21. The van der Waals surface area contributed by atoms with Gasteiger partial charge in [0.05, 0.1) is 4.08 Å². The summed E-state index contributed by atoms with van der Waals surface area (Å²) in [6.45, 7) is 0. The predicted octanol–water partition coefficient (Wildman–Crippen LogP) is 3.45. The van der Waals surface area contributed by atoms with Crippen molar-refractivity contribution in [1.29, 1.82) is 0 Å². The van der Waals surface area contributed by atoms with Crippen LogP contribution in [0.2, 0.25) is 0 Å². The Labute approximate surface area is 157 Å². The summed E-state index contributed by atoms with van der Waals surface area (Å²) in [5.74, 6) is 3.52. The summed E-state index contributed by atoms with van der Waals surface area (Å²) in [6.07, 6.45) is 5.72. The first-order valence-electron chi connectivity index (χ1n) is 9.12. The van der Waals surface area contributed by atoms with E-state index in [4.69, 9.17) is 0 Å². The Morgan fingerprint density at radius 2 is 1.60 bits per heavy atom. The lowest BCUT2D eigenvalue weighted by Crippen LogP contribution is -2.52. The minimum absolute atomic E-state index is 0.0240. The molecule has 134 valence electrons. The molecule has 2 aliphatic carbocycles. The molecule has 2 unspecified atom stereocenters. The van der Waals surface area contributed by atoms with Crippen molar-refractivity contribution in [2.75, 3.05) is 11.5 Å². The van der Waals surface area contributed by atoms with E-state index in [2.05, 4.69) is 34.4 Å². The second kappa shape index (κ2) is 7.23. The van der Waals surface area contributed by atoms with Crippen LogP contribution in [0.3, 0.4) is 0 Å². The molecule has 2 saturated carbocycles. The first-order chi connectivity index (χ1) is 12.2. The Hall–Kier alpha value is -1.14. The Bertz CT molecular complexity index is 630. The fourth-order valence-electron chi connectivity index (χ4n) is 4.71. The zero-order valence-corrected chi connectivity index (χ0v) is 15.8. The molecule has 1 aromatic rings. The molecule has 2 N–H and O–H groups in total. The minimum Gasteiger partial charge on any atom is -0.273 e. The number of hydrogen-bond acceptors (Lipinski definition) is 4. The maximum absolute atomic E-state index is 12.6. The number of nitrogens with one attached hydrogen (secondary N) is 2. The Balaban J connectivity index is 1.36. The molecule has 25 heavy (non-hydrogen) atoms. The summed E-state index contributed by atoms with van der Waals surface area (Å²) >= 11 is 4.30. The van der Waals surface area contributed by atoms with Gasteiger partial charge in [0.25, 0.3) is 5.91 Å². The fraction of sp³-hybridized carbons (Fsp3) is 0.579. The number of carbonyl (C=O) groups is 2. The van der Waals surface area contributed by atoms with E-state index in [1.807, 2.05) is 18.2 Å². The molecular formula is C19H24N2O2S2.